The van der Waals surface area contributed by atoms with Crippen LogP contribution in [0.3, 0.4) is 0 Å². The molecule has 0 spiro atoms. The summed E-state index contributed by atoms with van der Waals surface area (Å²) in [6.45, 7) is 0.939. The fourth-order valence-corrected chi connectivity index (χ4v) is 3.91. The molecule has 0 heterocycles. The van der Waals surface area contributed by atoms with Crippen LogP contribution < -0.4 is 0 Å². The summed E-state index contributed by atoms with van der Waals surface area (Å²) < 4.78 is 38.9. The molecule has 5 heteroatoms. The zero-order chi connectivity index (χ0) is 24.0. The van der Waals surface area contributed by atoms with Crippen LogP contribution in [-0.2, 0) is 30.5 Å². The van der Waals surface area contributed by atoms with Gasteiger partial charge in [0.25, 0.3) is 0 Å². The van der Waals surface area contributed by atoms with E-state index in [9.17, 15) is 18.0 Å². The van der Waals surface area contributed by atoms with Crippen molar-refractivity contribution in [2.24, 2.45) is 0 Å². The summed E-state index contributed by atoms with van der Waals surface area (Å²) in [6, 6.07) is 32.0. The van der Waals surface area contributed by atoms with Crippen molar-refractivity contribution in [1.29, 1.82) is 0 Å². The average Bonchev–Trinajstić information content (AvgIpc) is 2.85. The molecule has 4 rings (SSSR count). The molecule has 0 aliphatic rings. The number of amides is 1. The SMILES string of the molecule is O=C(Cc1ccccc1-c1ccc(C(F)(F)F)cc1)N(Cc1ccccc1)Cc1ccccc1. The zero-order valence-electron chi connectivity index (χ0n) is 18.5. The van der Waals surface area contributed by atoms with Gasteiger partial charge in [-0.3, -0.25) is 4.79 Å². The molecule has 0 aliphatic heterocycles. The summed E-state index contributed by atoms with van der Waals surface area (Å²) in [7, 11) is 0. The molecule has 0 N–H and O–H groups in total. The van der Waals surface area contributed by atoms with Crippen LogP contribution >= 0.6 is 0 Å². The number of halogens is 3. The quantitative estimate of drug-likeness (QED) is 0.288. The second kappa shape index (κ2) is 10.4. The molecule has 0 atom stereocenters. The molecule has 0 aromatic heterocycles. The Hall–Kier alpha value is -3.86. The lowest BCUT2D eigenvalue weighted by Crippen LogP contribution is -2.31. The summed E-state index contributed by atoms with van der Waals surface area (Å²) in [5.74, 6) is -0.0490. The maximum Gasteiger partial charge on any atom is 0.416 e. The number of benzene rings is 4. The van der Waals surface area contributed by atoms with E-state index in [1.165, 1.54) is 12.1 Å². The van der Waals surface area contributed by atoms with Gasteiger partial charge < -0.3 is 4.90 Å². The summed E-state index contributed by atoms with van der Waals surface area (Å²) in [4.78, 5) is 15.3. The number of rotatable bonds is 7. The van der Waals surface area contributed by atoms with Gasteiger partial charge in [-0.25, -0.2) is 0 Å². The first-order chi connectivity index (χ1) is 16.4. The van der Waals surface area contributed by atoms with Crippen LogP contribution in [0.5, 0.6) is 0 Å². The third-order valence-corrected chi connectivity index (χ3v) is 5.67. The highest BCUT2D eigenvalue weighted by molar-refractivity contribution is 5.82. The Balaban J connectivity index is 1.59. The molecule has 4 aromatic rings. The third-order valence-electron chi connectivity index (χ3n) is 5.67. The van der Waals surface area contributed by atoms with Crippen molar-refractivity contribution in [2.45, 2.75) is 25.7 Å². The van der Waals surface area contributed by atoms with Crippen molar-refractivity contribution in [2.75, 3.05) is 0 Å². The van der Waals surface area contributed by atoms with Crippen molar-refractivity contribution in [3.8, 4) is 11.1 Å². The van der Waals surface area contributed by atoms with Crippen LogP contribution in [0.25, 0.3) is 11.1 Å². The van der Waals surface area contributed by atoms with Crippen LogP contribution in [0.1, 0.15) is 22.3 Å². The molecule has 0 aliphatic carbocycles. The molecule has 0 saturated carbocycles. The molecule has 4 aromatic carbocycles. The maximum absolute atomic E-state index is 13.5. The smallest absolute Gasteiger partial charge is 0.334 e. The number of carbonyl (C=O) groups excluding carboxylic acids is 1. The zero-order valence-corrected chi connectivity index (χ0v) is 18.5. The monoisotopic (exact) mass is 459 g/mol. The first-order valence-electron chi connectivity index (χ1n) is 11.0. The minimum Gasteiger partial charge on any atom is -0.334 e. The first-order valence-corrected chi connectivity index (χ1v) is 11.0. The topological polar surface area (TPSA) is 20.3 Å². The van der Waals surface area contributed by atoms with Gasteiger partial charge in [0.05, 0.1) is 12.0 Å². The van der Waals surface area contributed by atoms with Gasteiger partial charge in [-0.15, -0.1) is 0 Å². The van der Waals surface area contributed by atoms with Crippen LogP contribution in [0.2, 0.25) is 0 Å². The van der Waals surface area contributed by atoms with E-state index in [-0.39, 0.29) is 12.3 Å². The third kappa shape index (κ3) is 5.93. The lowest BCUT2D eigenvalue weighted by Gasteiger charge is -2.24. The van der Waals surface area contributed by atoms with E-state index in [2.05, 4.69) is 0 Å². The average molecular weight is 460 g/mol. The van der Waals surface area contributed by atoms with E-state index >= 15 is 0 Å². The van der Waals surface area contributed by atoms with Crippen molar-refractivity contribution in [3.63, 3.8) is 0 Å². The second-order valence-corrected chi connectivity index (χ2v) is 8.13. The summed E-state index contributed by atoms with van der Waals surface area (Å²) in [6.07, 6.45) is -4.24. The van der Waals surface area contributed by atoms with Gasteiger partial charge in [-0.1, -0.05) is 97.1 Å². The Bertz CT molecular complexity index is 1180. The summed E-state index contributed by atoms with van der Waals surface area (Å²) >= 11 is 0. The minimum atomic E-state index is -4.39. The molecular weight excluding hydrogens is 435 g/mol. The van der Waals surface area contributed by atoms with Crippen LogP contribution in [-0.4, -0.2) is 10.8 Å². The molecule has 34 heavy (non-hydrogen) atoms. The number of alkyl halides is 3. The molecular formula is C29H24F3NO. The molecule has 1 amide bonds. The molecule has 0 saturated heterocycles. The molecule has 0 bridgehead atoms. The van der Waals surface area contributed by atoms with Gasteiger partial charge in [0.1, 0.15) is 0 Å². The number of hydrogen-bond acceptors (Lipinski definition) is 1. The standard InChI is InChI=1S/C29H24F3NO/c30-29(31,32)26-17-15-24(16-18-26)27-14-8-7-13-25(27)19-28(34)33(20-22-9-3-1-4-10-22)21-23-11-5-2-6-12-23/h1-18H,19-21H2. The highest BCUT2D eigenvalue weighted by Crippen LogP contribution is 2.32. The van der Waals surface area contributed by atoms with Crippen LogP contribution in [0.15, 0.2) is 109 Å². The van der Waals surface area contributed by atoms with Crippen LogP contribution in [0, 0.1) is 0 Å². The van der Waals surface area contributed by atoms with Crippen molar-refractivity contribution >= 4 is 5.91 Å². The van der Waals surface area contributed by atoms with Gasteiger partial charge in [0.2, 0.25) is 5.91 Å². The largest absolute Gasteiger partial charge is 0.416 e. The molecule has 2 nitrogen and oxygen atoms in total. The predicted molar refractivity (Wildman–Crippen MR) is 128 cm³/mol. The van der Waals surface area contributed by atoms with Gasteiger partial charge in [0.15, 0.2) is 0 Å². The molecule has 0 unspecified atom stereocenters. The summed E-state index contributed by atoms with van der Waals surface area (Å²) in [5, 5.41) is 0. The predicted octanol–water partition coefficient (Wildman–Crippen LogP) is 7.14. The highest BCUT2D eigenvalue weighted by atomic mass is 19.4. The molecule has 0 fully saturated rings. The Kier molecular flexibility index (Phi) is 7.12. The minimum absolute atomic E-state index is 0.0490. The molecule has 172 valence electrons. The Morgan fingerprint density at radius 1 is 0.647 bits per heavy atom. The fraction of sp³-hybridized carbons (Fsp3) is 0.138. The number of carbonyl (C=O) groups is 1. The Morgan fingerprint density at radius 2 is 1.15 bits per heavy atom. The number of hydrogen-bond donors (Lipinski definition) is 0. The van der Waals surface area contributed by atoms with E-state index < -0.39 is 11.7 Å². The van der Waals surface area contributed by atoms with Crippen LogP contribution in [0.4, 0.5) is 13.2 Å². The van der Waals surface area contributed by atoms with E-state index in [4.69, 9.17) is 0 Å². The fourth-order valence-electron chi connectivity index (χ4n) is 3.91. The van der Waals surface area contributed by atoms with Gasteiger partial charge in [0, 0.05) is 13.1 Å². The second-order valence-electron chi connectivity index (χ2n) is 8.13. The Labute approximate surface area is 197 Å². The van der Waals surface area contributed by atoms with Crippen molar-refractivity contribution < 1.29 is 18.0 Å². The normalized spacial score (nSPS) is 11.3. The van der Waals surface area contributed by atoms with E-state index in [0.717, 1.165) is 34.4 Å². The van der Waals surface area contributed by atoms with Crippen molar-refractivity contribution in [3.05, 3.63) is 131 Å². The van der Waals surface area contributed by atoms with E-state index in [0.29, 0.717) is 18.7 Å². The Morgan fingerprint density at radius 3 is 1.68 bits per heavy atom. The molecule has 0 radical (unpaired) electrons. The van der Waals surface area contributed by atoms with E-state index in [1.54, 1.807) is 0 Å². The van der Waals surface area contributed by atoms with Gasteiger partial charge >= 0.3 is 6.18 Å². The van der Waals surface area contributed by atoms with Gasteiger partial charge in [-0.2, -0.15) is 13.2 Å². The first kappa shape index (κ1) is 23.3. The highest BCUT2D eigenvalue weighted by Gasteiger charge is 2.30. The lowest BCUT2D eigenvalue weighted by molar-refractivity contribution is -0.137. The van der Waals surface area contributed by atoms with Gasteiger partial charge in [-0.05, 0) is 39.9 Å². The number of nitrogens with zero attached hydrogens (tertiary/aromatic N) is 1. The summed E-state index contributed by atoms with van der Waals surface area (Å²) in [5.41, 5.74) is 3.55. The van der Waals surface area contributed by atoms with E-state index in [1.807, 2.05) is 89.8 Å². The maximum atomic E-state index is 13.5. The van der Waals surface area contributed by atoms with Crippen molar-refractivity contribution in [1.82, 2.24) is 4.90 Å². The lowest BCUT2D eigenvalue weighted by atomic mass is 9.96.